The molecular formula is C14H11N3O3. The minimum absolute atomic E-state index is 0.0557. The van der Waals surface area contributed by atoms with Crippen molar-refractivity contribution < 1.29 is 9.72 Å². The summed E-state index contributed by atoms with van der Waals surface area (Å²) in [5.41, 5.74) is 2.63. The van der Waals surface area contributed by atoms with Crippen LogP contribution in [0.5, 0.6) is 0 Å². The maximum absolute atomic E-state index is 12.4. The largest absolute Gasteiger partial charge is 0.345 e. The van der Waals surface area contributed by atoms with Crippen LogP contribution in [-0.4, -0.2) is 20.7 Å². The Kier molecular flexibility index (Phi) is 2.90. The van der Waals surface area contributed by atoms with Crippen LogP contribution in [0.25, 0.3) is 6.08 Å². The highest BCUT2D eigenvalue weighted by Crippen LogP contribution is 2.29. The smallest absolute Gasteiger partial charge is 0.270 e. The van der Waals surface area contributed by atoms with Crippen molar-refractivity contribution in [2.75, 3.05) is 0 Å². The molecule has 0 aliphatic heterocycles. The predicted octanol–water partition coefficient (Wildman–Crippen LogP) is 2.53. The molecule has 0 saturated heterocycles. The number of ketones is 1. The number of hydrogen-bond acceptors (Lipinski definition) is 4. The van der Waals surface area contributed by atoms with Gasteiger partial charge in [0.2, 0.25) is 0 Å². The van der Waals surface area contributed by atoms with E-state index in [0.717, 1.165) is 11.3 Å². The molecule has 0 unspecified atom stereocenters. The number of carbonyl (C=O) groups excluding carboxylic acids is 1. The summed E-state index contributed by atoms with van der Waals surface area (Å²) in [5, 5.41) is 10.8. The zero-order valence-corrected chi connectivity index (χ0v) is 10.5. The molecule has 1 aromatic carbocycles. The molecule has 0 amide bonds. The number of aromatic amines is 1. The summed E-state index contributed by atoms with van der Waals surface area (Å²) in [6, 6.07) is 4.46. The second-order valence-electron chi connectivity index (χ2n) is 4.60. The normalized spacial score (nSPS) is 16.2. The van der Waals surface area contributed by atoms with Gasteiger partial charge in [-0.05, 0) is 24.5 Å². The molecule has 2 aromatic rings. The van der Waals surface area contributed by atoms with Crippen LogP contribution in [0.4, 0.5) is 5.69 Å². The van der Waals surface area contributed by atoms with Crippen molar-refractivity contribution in [3.05, 3.63) is 63.2 Å². The first-order chi connectivity index (χ1) is 9.65. The zero-order valence-electron chi connectivity index (χ0n) is 10.5. The Labute approximate surface area is 114 Å². The van der Waals surface area contributed by atoms with Gasteiger partial charge in [0.15, 0.2) is 5.78 Å². The first-order valence-electron chi connectivity index (χ1n) is 6.16. The van der Waals surface area contributed by atoms with Crippen LogP contribution in [0.2, 0.25) is 0 Å². The van der Waals surface area contributed by atoms with E-state index in [1.165, 1.54) is 12.1 Å². The van der Waals surface area contributed by atoms with Crippen LogP contribution in [0.1, 0.15) is 28.0 Å². The van der Waals surface area contributed by atoms with E-state index in [1.54, 1.807) is 24.7 Å². The molecule has 3 rings (SSSR count). The number of imidazole rings is 1. The fourth-order valence-corrected chi connectivity index (χ4v) is 2.33. The maximum atomic E-state index is 12.4. The minimum atomic E-state index is -0.486. The fraction of sp³-hybridized carbons (Fsp3) is 0.143. The lowest BCUT2D eigenvalue weighted by molar-refractivity contribution is -0.384. The highest BCUT2D eigenvalue weighted by atomic mass is 16.6. The molecule has 0 saturated carbocycles. The van der Waals surface area contributed by atoms with Crippen LogP contribution in [0.15, 0.2) is 36.3 Å². The molecule has 6 heteroatoms. The van der Waals surface area contributed by atoms with Crippen molar-refractivity contribution in [3.8, 4) is 0 Å². The Morgan fingerprint density at radius 3 is 2.90 bits per heavy atom. The third-order valence-electron chi connectivity index (χ3n) is 3.35. The second kappa shape index (κ2) is 4.73. The van der Waals surface area contributed by atoms with Gasteiger partial charge >= 0.3 is 0 Å². The lowest BCUT2D eigenvalue weighted by Crippen LogP contribution is -2.14. The van der Waals surface area contributed by atoms with Crippen molar-refractivity contribution in [1.29, 1.82) is 0 Å². The number of fused-ring (bicyclic) bond motifs is 1. The average molecular weight is 269 g/mol. The standard InChI is InChI=1S/C14H11N3O3/c18-14-10(5-11-7-15-8-16-11)2-1-9-3-4-12(17(19)20)6-13(9)14/h3-8H,1-2H2,(H,15,16)/b10-5+. The molecule has 1 aromatic heterocycles. The van der Waals surface area contributed by atoms with Gasteiger partial charge in [-0.2, -0.15) is 0 Å². The molecule has 6 nitrogen and oxygen atoms in total. The number of nitro benzene ring substituents is 1. The lowest BCUT2D eigenvalue weighted by Gasteiger charge is -2.16. The van der Waals surface area contributed by atoms with E-state index < -0.39 is 4.92 Å². The lowest BCUT2D eigenvalue weighted by atomic mass is 9.86. The molecule has 0 radical (unpaired) electrons. The average Bonchev–Trinajstić information content (AvgIpc) is 2.94. The summed E-state index contributed by atoms with van der Waals surface area (Å²) in [4.78, 5) is 29.5. The molecule has 0 spiro atoms. The minimum Gasteiger partial charge on any atom is -0.345 e. The van der Waals surface area contributed by atoms with E-state index in [9.17, 15) is 14.9 Å². The highest BCUT2D eigenvalue weighted by Gasteiger charge is 2.24. The van der Waals surface area contributed by atoms with Gasteiger partial charge in [-0.3, -0.25) is 14.9 Å². The number of aryl methyl sites for hydroxylation is 1. The molecule has 0 fully saturated rings. The van der Waals surface area contributed by atoms with Gasteiger partial charge < -0.3 is 4.98 Å². The number of nitro groups is 1. The summed E-state index contributed by atoms with van der Waals surface area (Å²) in [5.74, 6) is -0.149. The first-order valence-corrected chi connectivity index (χ1v) is 6.16. The van der Waals surface area contributed by atoms with Crippen LogP contribution < -0.4 is 0 Å². The number of non-ortho nitro benzene ring substituents is 1. The number of aromatic nitrogens is 2. The topological polar surface area (TPSA) is 88.9 Å². The Balaban J connectivity index is 2.01. The number of carbonyl (C=O) groups is 1. The molecule has 1 aliphatic rings. The van der Waals surface area contributed by atoms with Gasteiger partial charge in [0.05, 0.1) is 23.1 Å². The van der Waals surface area contributed by atoms with E-state index in [1.807, 2.05) is 0 Å². The molecule has 100 valence electrons. The Bertz CT molecular complexity index is 717. The third-order valence-corrected chi connectivity index (χ3v) is 3.35. The van der Waals surface area contributed by atoms with Crippen molar-refractivity contribution >= 4 is 17.5 Å². The number of nitrogens with one attached hydrogen (secondary N) is 1. The van der Waals surface area contributed by atoms with Gasteiger partial charge in [-0.25, -0.2) is 4.98 Å². The van der Waals surface area contributed by atoms with Gasteiger partial charge in [0, 0.05) is 23.3 Å². The Morgan fingerprint density at radius 1 is 1.35 bits per heavy atom. The van der Waals surface area contributed by atoms with Crippen molar-refractivity contribution in [2.45, 2.75) is 12.8 Å². The summed E-state index contributed by atoms with van der Waals surface area (Å²) < 4.78 is 0. The Hall–Kier alpha value is -2.76. The number of benzene rings is 1. The van der Waals surface area contributed by atoms with E-state index >= 15 is 0 Å². The summed E-state index contributed by atoms with van der Waals surface area (Å²) in [7, 11) is 0. The van der Waals surface area contributed by atoms with Crippen molar-refractivity contribution in [3.63, 3.8) is 0 Å². The first kappa shape index (κ1) is 12.3. The van der Waals surface area contributed by atoms with Crippen LogP contribution >= 0.6 is 0 Å². The molecule has 20 heavy (non-hydrogen) atoms. The van der Waals surface area contributed by atoms with E-state index in [4.69, 9.17) is 0 Å². The van der Waals surface area contributed by atoms with E-state index in [2.05, 4.69) is 9.97 Å². The van der Waals surface area contributed by atoms with Gasteiger partial charge in [0.25, 0.3) is 5.69 Å². The number of rotatable bonds is 2. The van der Waals surface area contributed by atoms with E-state index in [-0.39, 0.29) is 11.5 Å². The molecule has 0 bridgehead atoms. The number of nitrogens with zero attached hydrogens (tertiary/aromatic N) is 2. The Morgan fingerprint density at radius 2 is 2.20 bits per heavy atom. The molecule has 1 heterocycles. The molecule has 1 N–H and O–H groups in total. The highest BCUT2D eigenvalue weighted by molar-refractivity contribution is 6.13. The van der Waals surface area contributed by atoms with Crippen LogP contribution in [-0.2, 0) is 6.42 Å². The maximum Gasteiger partial charge on any atom is 0.270 e. The van der Waals surface area contributed by atoms with Crippen molar-refractivity contribution in [2.24, 2.45) is 0 Å². The molecule has 1 aliphatic carbocycles. The van der Waals surface area contributed by atoms with E-state index in [0.29, 0.717) is 24.0 Å². The number of allylic oxidation sites excluding steroid dienone is 1. The summed E-state index contributed by atoms with van der Waals surface area (Å²) in [6.45, 7) is 0. The fourth-order valence-electron chi connectivity index (χ4n) is 2.33. The summed E-state index contributed by atoms with van der Waals surface area (Å²) in [6.07, 6.45) is 6.25. The quantitative estimate of drug-likeness (QED) is 0.515. The molecule has 0 atom stereocenters. The van der Waals surface area contributed by atoms with Gasteiger partial charge in [-0.1, -0.05) is 6.07 Å². The predicted molar refractivity (Wildman–Crippen MR) is 72.3 cm³/mol. The molecular weight excluding hydrogens is 258 g/mol. The number of hydrogen-bond donors (Lipinski definition) is 1. The number of Topliss-reactive ketones (excluding diaryl/α,β-unsaturated/α-hetero) is 1. The monoisotopic (exact) mass is 269 g/mol. The van der Waals surface area contributed by atoms with Gasteiger partial charge in [-0.15, -0.1) is 0 Å². The second-order valence-corrected chi connectivity index (χ2v) is 4.60. The van der Waals surface area contributed by atoms with Crippen molar-refractivity contribution in [1.82, 2.24) is 9.97 Å². The SMILES string of the molecule is O=C1/C(=C/c2cnc[nH]2)CCc2ccc([N+](=O)[O-])cc21. The van der Waals surface area contributed by atoms with Gasteiger partial charge in [0.1, 0.15) is 0 Å². The van der Waals surface area contributed by atoms with Crippen LogP contribution in [0, 0.1) is 10.1 Å². The van der Waals surface area contributed by atoms with Crippen LogP contribution in [0.3, 0.4) is 0 Å². The zero-order chi connectivity index (χ0) is 14.1. The number of H-pyrrole nitrogens is 1. The third kappa shape index (κ3) is 2.11. The summed E-state index contributed by atoms with van der Waals surface area (Å²) >= 11 is 0.